The Balaban J connectivity index is 0.000000250. The second-order valence-electron chi connectivity index (χ2n) is 1.09. The minimum atomic E-state index is 0. The summed E-state index contributed by atoms with van der Waals surface area (Å²) in [5.41, 5.74) is 0. The predicted molar refractivity (Wildman–Crippen MR) is 28.7 cm³/mol. The van der Waals surface area contributed by atoms with Crippen LogP contribution in [0.1, 0.15) is 6.42 Å². The molecule has 1 heteroatoms. The van der Waals surface area contributed by atoms with Gasteiger partial charge in [0, 0.05) is 27.3 Å². The van der Waals surface area contributed by atoms with Crippen LogP contribution < -0.4 is 0 Å². The van der Waals surface area contributed by atoms with E-state index in [9.17, 15) is 0 Å². The Morgan fingerprint density at radius 3 is 1.67 bits per heavy atom. The molecule has 0 aliphatic heterocycles. The molecular formula is C5H6Tl. The Kier molecular flexibility index (Phi) is 3.83. The van der Waals surface area contributed by atoms with Crippen LogP contribution in [0, 0.1) is 0 Å². The molecule has 1 aliphatic rings. The second-order valence-corrected chi connectivity index (χ2v) is 1.09. The molecule has 0 saturated carbocycles. The third-order valence-corrected chi connectivity index (χ3v) is 0.655. The van der Waals surface area contributed by atoms with Gasteiger partial charge in [-0.3, -0.25) is 0 Å². The van der Waals surface area contributed by atoms with E-state index in [4.69, 9.17) is 0 Å². The molecule has 0 N–H and O–H groups in total. The van der Waals surface area contributed by atoms with E-state index in [2.05, 4.69) is 24.3 Å². The summed E-state index contributed by atoms with van der Waals surface area (Å²) >= 11 is 0. The van der Waals surface area contributed by atoms with Crippen LogP contribution in [0.3, 0.4) is 0 Å². The van der Waals surface area contributed by atoms with Crippen molar-refractivity contribution in [2.45, 2.75) is 6.42 Å². The van der Waals surface area contributed by atoms with Crippen molar-refractivity contribution >= 4 is 27.3 Å². The van der Waals surface area contributed by atoms with Gasteiger partial charge in [0.2, 0.25) is 0 Å². The Morgan fingerprint density at radius 1 is 1.00 bits per heavy atom. The summed E-state index contributed by atoms with van der Waals surface area (Å²) in [5, 5.41) is 0. The average Bonchev–Trinajstić information content (AvgIpc) is 1.76. The second kappa shape index (κ2) is 3.59. The minimum absolute atomic E-state index is 0. The fourth-order valence-corrected chi connectivity index (χ4v) is 0.393. The zero-order valence-electron chi connectivity index (χ0n) is 3.59. The van der Waals surface area contributed by atoms with Gasteiger partial charge in [0.25, 0.3) is 0 Å². The fraction of sp³-hybridized carbons (Fsp3) is 0.200. The minimum Gasteiger partial charge on any atom is -0.0808 e. The Hall–Kier alpha value is 0.402. The van der Waals surface area contributed by atoms with Gasteiger partial charge in [-0.1, -0.05) is 24.3 Å². The molecule has 6 heavy (non-hydrogen) atoms. The first-order valence-corrected chi connectivity index (χ1v) is 1.82. The molecule has 0 amide bonds. The van der Waals surface area contributed by atoms with E-state index < -0.39 is 0 Å². The van der Waals surface area contributed by atoms with E-state index in [0.717, 1.165) is 6.42 Å². The molecule has 1 aliphatic carbocycles. The number of hydrogen-bond donors (Lipinski definition) is 0. The van der Waals surface area contributed by atoms with Gasteiger partial charge in [-0.15, -0.1) is 0 Å². The van der Waals surface area contributed by atoms with Crippen LogP contribution in [-0.4, -0.2) is 27.3 Å². The molecule has 0 unspecified atom stereocenters. The van der Waals surface area contributed by atoms with Crippen LogP contribution >= 0.6 is 0 Å². The maximum Gasteiger partial charge on any atom is 0 e. The first kappa shape index (κ1) is 6.40. The van der Waals surface area contributed by atoms with Gasteiger partial charge in [-0.05, 0) is 6.42 Å². The summed E-state index contributed by atoms with van der Waals surface area (Å²) in [6.45, 7) is 0. The van der Waals surface area contributed by atoms with Gasteiger partial charge in [0.1, 0.15) is 0 Å². The molecule has 0 fully saturated rings. The van der Waals surface area contributed by atoms with Gasteiger partial charge < -0.3 is 0 Å². The molecule has 0 nitrogen and oxygen atoms in total. The normalized spacial score (nSPS) is 14.7. The van der Waals surface area contributed by atoms with Crippen molar-refractivity contribution in [3.63, 3.8) is 0 Å². The van der Waals surface area contributed by atoms with Crippen LogP contribution in [0.4, 0.5) is 0 Å². The monoisotopic (exact) mass is 271 g/mol. The van der Waals surface area contributed by atoms with E-state index in [1.807, 2.05) is 0 Å². The van der Waals surface area contributed by atoms with Crippen LogP contribution in [-0.2, 0) is 0 Å². The zero-order chi connectivity index (χ0) is 3.54. The van der Waals surface area contributed by atoms with E-state index in [0.29, 0.717) is 0 Å². The summed E-state index contributed by atoms with van der Waals surface area (Å²) in [4.78, 5) is 0. The van der Waals surface area contributed by atoms with Crippen molar-refractivity contribution in [1.29, 1.82) is 0 Å². The molecular weight excluding hydrogens is 264 g/mol. The molecule has 29 valence electrons. The maximum atomic E-state index is 2.12. The van der Waals surface area contributed by atoms with E-state index in [1.165, 1.54) is 0 Å². The van der Waals surface area contributed by atoms with E-state index >= 15 is 0 Å². The van der Waals surface area contributed by atoms with Gasteiger partial charge in [-0.2, -0.15) is 0 Å². The fourth-order valence-electron chi connectivity index (χ4n) is 0.393. The van der Waals surface area contributed by atoms with Gasteiger partial charge >= 0.3 is 0 Å². The average molecular weight is 270 g/mol. The Labute approximate surface area is 58.1 Å². The molecule has 0 saturated heterocycles. The first-order chi connectivity index (χ1) is 2.50. The van der Waals surface area contributed by atoms with Crippen molar-refractivity contribution < 1.29 is 0 Å². The number of allylic oxidation sites excluding steroid dienone is 4. The molecule has 0 bridgehead atoms. The van der Waals surface area contributed by atoms with E-state index in [1.54, 1.807) is 0 Å². The quantitative estimate of drug-likeness (QED) is 0.579. The van der Waals surface area contributed by atoms with Crippen molar-refractivity contribution in [3.8, 4) is 0 Å². The van der Waals surface area contributed by atoms with Gasteiger partial charge in [0.05, 0.1) is 0 Å². The topological polar surface area (TPSA) is 0 Å². The van der Waals surface area contributed by atoms with Crippen molar-refractivity contribution in [3.05, 3.63) is 24.3 Å². The van der Waals surface area contributed by atoms with Crippen LogP contribution in [0.2, 0.25) is 0 Å². The predicted octanol–water partition coefficient (Wildman–Crippen LogP) is 1.12. The van der Waals surface area contributed by atoms with Crippen molar-refractivity contribution in [2.75, 3.05) is 0 Å². The summed E-state index contributed by atoms with van der Waals surface area (Å²) in [6.07, 6.45) is 9.50. The molecule has 0 atom stereocenters. The summed E-state index contributed by atoms with van der Waals surface area (Å²) in [7, 11) is 0. The third kappa shape index (κ3) is 1.75. The number of hydrogen-bond acceptors (Lipinski definition) is 0. The van der Waals surface area contributed by atoms with Crippen LogP contribution in [0.15, 0.2) is 24.3 Å². The van der Waals surface area contributed by atoms with Gasteiger partial charge in [-0.25, -0.2) is 0 Å². The molecule has 0 aromatic heterocycles. The zero-order valence-corrected chi connectivity index (χ0v) is 8.08. The van der Waals surface area contributed by atoms with E-state index in [-0.39, 0.29) is 27.3 Å². The van der Waals surface area contributed by atoms with Crippen LogP contribution in [0.25, 0.3) is 0 Å². The summed E-state index contributed by atoms with van der Waals surface area (Å²) < 4.78 is 0. The van der Waals surface area contributed by atoms with Crippen LogP contribution in [0.5, 0.6) is 0 Å². The standard InChI is InChI=1S/C5H6.Tl/c1-2-4-5-3-1;/h1-4H,5H2;. The summed E-state index contributed by atoms with van der Waals surface area (Å²) in [5.74, 6) is 0. The largest absolute Gasteiger partial charge is 0.0808 e. The number of rotatable bonds is 0. The molecule has 0 aromatic rings. The van der Waals surface area contributed by atoms with Crippen molar-refractivity contribution in [1.82, 2.24) is 0 Å². The molecule has 0 aromatic carbocycles. The summed E-state index contributed by atoms with van der Waals surface area (Å²) in [6, 6.07) is 0. The molecule has 0 spiro atoms. The third-order valence-electron chi connectivity index (χ3n) is 0.655. The van der Waals surface area contributed by atoms with Gasteiger partial charge in [0.15, 0.2) is 0 Å². The first-order valence-electron chi connectivity index (χ1n) is 1.82. The Bertz CT molecular complexity index is 62.0. The Morgan fingerprint density at radius 2 is 1.50 bits per heavy atom. The smallest absolute Gasteiger partial charge is 0 e. The molecule has 1 radical (unpaired) electrons. The molecule has 0 heterocycles. The molecule has 1 rings (SSSR count). The SMILES string of the molecule is C1=CCC=C1.[Tl]. The van der Waals surface area contributed by atoms with Crippen molar-refractivity contribution in [2.24, 2.45) is 0 Å². The maximum absolute atomic E-state index is 2.12.